The van der Waals surface area contributed by atoms with Crippen LogP contribution in [-0.2, 0) is 14.3 Å². The molecule has 1 saturated carbocycles. The van der Waals surface area contributed by atoms with Crippen LogP contribution in [0.1, 0.15) is 29.6 Å². The maximum Gasteiger partial charge on any atom is 0.338 e. The predicted molar refractivity (Wildman–Crippen MR) is 62.9 cm³/mol. The van der Waals surface area contributed by atoms with Crippen molar-refractivity contribution in [1.82, 2.24) is 0 Å². The van der Waals surface area contributed by atoms with Crippen molar-refractivity contribution in [3.8, 4) is 0 Å². The zero-order valence-corrected chi connectivity index (χ0v) is 9.87. The van der Waals surface area contributed by atoms with Crippen LogP contribution in [0.5, 0.6) is 0 Å². The highest BCUT2D eigenvalue weighted by Gasteiger charge is 2.45. The lowest BCUT2D eigenvalue weighted by molar-refractivity contribution is -0.146. The third-order valence-electron chi connectivity index (χ3n) is 3.60. The van der Waals surface area contributed by atoms with Crippen LogP contribution in [0, 0.1) is 5.92 Å². The van der Waals surface area contributed by atoms with Gasteiger partial charge in [-0.2, -0.15) is 0 Å². The summed E-state index contributed by atoms with van der Waals surface area (Å²) in [4.78, 5) is 23.3. The molecule has 0 amide bonds. The van der Waals surface area contributed by atoms with E-state index in [4.69, 9.17) is 9.47 Å². The molecule has 0 radical (unpaired) electrons. The van der Waals surface area contributed by atoms with Gasteiger partial charge in [-0.1, -0.05) is 18.2 Å². The van der Waals surface area contributed by atoms with E-state index in [1.54, 1.807) is 24.3 Å². The first-order chi connectivity index (χ1) is 8.74. The Balaban J connectivity index is 1.67. The van der Waals surface area contributed by atoms with Gasteiger partial charge in [-0.05, 0) is 25.0 Å². The Labute approximate surface area is 105 Å². The van der Waals surface area contributed by atoms with Gasteiger partial charge in [0.2, 0.25) is 0 Å². The van der Waals surface area contributed by atoms with Crippen LogP contribution in [0.2, 0.25) is 0 Å². The quantitative estimate of drug-likeness (QED) is 0.748. The summed E-state index contributed by atoms with van der Waals surface area (Å²) in [5.41, 5.74) is 0.531. The van der Waals surface area contributed by atoms with Gasteiger partial charge < -0.3 is 9.47 Å². The fourth-order valence-corrected chi connectivity index (χ4v) is 2.60. The summed E-state index contributed by atoms with van der Waals surface area (Å²) >= 11 is 0. The first-order valence-electron chi connectivity index (χ1n) is 6.20. The minimum absolute atomic E-state index is 0.0154. The van der Waals surface area contributed by atoms with Gasteiger partial charge in [-0.3, -0.25) is 4.79 Å². The van der Waals surface area contributed by atoms with Crippen molar-refractivity contribution < 1.29 is 19.1 Å². The minimum atomic E-state index is -0.345. The van der Waals surface area contributed by atoms with Gasteiger partial charge >= 0.3 is 11.9 Å². The van der Waals surface area contributed by atoms with E-state index < -0.39 is 0 Å². The Morgan fingerprint density at radius 1 is 1.22 bits per heavy atom. The van der Waals surface area contributed by atoms with E-state index in [1.165, 1.54) is 0 Å². The SMILES string of the molecule is O=C(O[C@@H]1CC[C@@H]2C[C@H]1OC2=O)c1ccccc1. The van der Waals surface area contributed by atoms with E-state index in [1.807, 2.05) is 6.07 Å². The van der Waals surface area contributed by atoms with Gasteiger partial charge in [0.25, 0.3) is 0 Å². The molecule has 1 aromatic rings. The topological polar surface area (TPSA) is 52.6 Å². The Bertz CT molecular complexity index is 468. The third-order valence-corrected chi connectivity index (χ3v) is 3.60. The zero-order valence-electron chi connectivity index (χ0n) is 9.87. The summed E-state index contributed by atoms with van der Waals surface area (Å²) in [6, 6.07) is 8.87. The van der Waals surface area contributed by atoms with Crippen LogP contribution in [0.15, 0.2) is 30.3 Å². The molecule has 2 bridgehead atoms. The van der Waals surface area contributed by atoms with Crippen molar-refractivity contribution in [1.29, 1.82) is 0 Å². The standard InChI is InChI=1S/C14H14O4/c15-13(9-4-2-1-3-5-9)17-11-7-6-10-8-12(11)18-14(10)16/h1-5,10-12H,6-8H2/t10-,11-,12-/m1/s1. The lowest BCUT2D eigenvalue weighted by Gasteiger charge is -2.25. The largest absolute Gasteiger partial charge is 0.458 e. The van der Waals surface area contributed by atoms with Crippen molar-refractivity contribution >= 4 is 11.9 Å². The summed E-state index contributed by atoms with van der Waals surface area (Å²) < 4.78 is 10.7. The molecule has 1 aliphatic heterocycles. The second-order valence-corrected chi connectivity index (χ2v) is 4.80. The molecule has 1 aliphatic carbocycles. The molecule has 0 unspecified atom stereocenters. The number of fused-ring (bicyclic) bond motifs is 2. The summed E-state index contributed by atoms with van der Waals surface area (Å²) in [6.07, 6.45) is 1.61. The van der Waals surface area contributed by atoms with E-state index in [9.17, 15) is 9.59 Å². The monoisotopic (exact) mass is 246 g/mol. The van der Waals surface area contributed by atoms with Crippen LogP contribution in [0.25, 0.3) is 0 Å². The van der Waals surface area contributed by atoms with Gasteiger partial charge in [0.05, 0.1) is 11.5 Å². The van der Waals surface area contributed by atoms with E-state index in [0.717, 1.165) is 6.42 Å². The average molecular weight is 246 g/mol. The summed E-state index contributed by atoms with van der Waals surface area (Å²) in [6.45, 7) is 0. The number of hydrogen-bond donors (Lipinski definition) is 0. The molecule has 0 N–H and O–H groups in total. The van der Waals surface area contributed by atoms with Crippen LogP contribution < -0.4 is 0 Å². The average Bonchev–Trinajstić information content (AvgIpc) is 2.70. The van der Waals surface area contributed by atoms with E-state index in [2.05, 4.69) is 0 Å². The molecule has 2 fully saturated rings. The lowest BCUT2D eigenvalue weighted by atomic mass is 9.88. The molecule has 4 nitrogen and oxygen atoms in total. The zero-order chi connectivity index (χ0) is 12.5. The van der Waals surface area contributed by atoms with Gasteiger partial charge in [-0.25, -0.2) is 4.79 Å². The number of carbonyl (C=O) groups excluding carboxylic acids is 2. The Morgan fingerprint density at radius 2 is 2.00 bits per heavy atom. The highest BCUT2D eigenvalue weighted by atomic mass is 16.6. The maximum atomic E-state index is 11.9. The Morgan fingerprint density at radius 3 is 2.78 bits per heavy atom. The van der Waals surface area contributed by atoms with E-state index >= 15 is 0 Å². The molecular weight excluding hydrogens is 232 g/mol. The number of ether oxygens (including phenoxy) is 2. The summed E-state index contributed by atoms with van der Waals surface area (Å²) in [7, 11) is 0. The second-order valence-electron chi connectivity index (χ2n) is 4.80. The van der Waals surface area contributed by atoms with Crippen molar-refractivity contribution in [3.05, 3.63) is 35.9 Å². The number of rotatable bonds is 2. The van der Waals surface area contributed by atoms with Crippen LogP contribution >= 0.6 is 0 Å². The fraction of sp³-hybridized carbons (Fsp3) is 0.429. The number of benzene rings is 1. The van der Waals surface area contributed by atoms with Crippen molar-refractivity contribution in [3.63, 3.8) is 0 Å². The van der Waals surface area contributed by atoms with E-state index in [0.29, 0.717) is 18.4 Å². The van der Waals surface area contributed by atoms with Gasteiger partial charge in [0, 0.05) is 6.42 Å². The van der Waals surface area contributed by atoms with Crippen molar-refractivity contribution in [2.45, 2.75) is 31.5 Å². The fourth-order valence-electron chi connectivity index (χ4n) is 2.60. The van der Waals surface area contributed by atoms with E-state index in [-0.39, 0.29) is 30.1 Å². The molecule has 4 heteroatoms. The smallest absolute Gasteiger partial charge is 0.338 e. The van der Waals surface area contributed by atoms with Crippen LogP contribution in [0.4, 0.5) is 0 Å². The number of esters is 2. The van der Waals surface area contributed by atoms with Crippen molar-refractivity contribution in [2.75, 3.05) is 0 Å². The molecule has 0 aromatic heterocycles. The van der Waals surface area contributed by atoms with Crippen molar-refractivity contribution in [2.24, 2.45) is 5.92 Å². The highest BCUT2D eigenvalue weighted by Crippen LogP contribution is 2.36. The molecule has 18 heavy (non-hydrogen) atoms. The first kappa shape index (κ1) is 11.3. The molecule has 3 atom stereocenters. The molecule has 1 aromatic carbocycles. The normalized spacial score (nSPS) is 29.8. The number of carbonyl (C=O) groups is 2. The van der Waals surface area contributed by atoms with Crippen LogP contribution in [-0.4, -0.2) is 24.1 Å². The molecule has 94 valence electrons. The highest BCUT2D eigenvalue weighted by molar-refractivity contribution is 5.89. The first-order valence-corrected chi connectivity index (χ1v) is 6.20. The summed E-state index contributed by atoms with van der Waals surface area (Å²) in [5, 5.41) is 0. The molecule has 2 aliphatic rings. The van der Waals surface area contributed by atoms with Gasteiger partial charge in [0.15, 0.2) is 0 Å². The third kappa shape index (κ3) is 1.98. The Kier molecular flexibility index (Phi) is 2.78. The molecule has 1 saturated heterocycles. The minimum Gasteiger partial charge on any atom is -0.458 e. The summed E-state index contributed by atoms with van der Waals surface area (Å²) in [5.74, 6) is -0.470. The molecular formula is C14H14O4. The second kappa shape index (κ2) is 4.44. The van der Waals surface area contributed by atoms with Gasteiger partial charge in [0.1, 0.15) is 12.2 Å². The Hall–Kier alpha value is -1.84. The van der Waals surface area contributed by atoms with Gasteiger partial charge in [-0.15, -0.1) is 0 Å². The predicted octanol–water partition coefficient (Wildman–Crippen LogP) is 1.94. The molecule has 0 spiro atoms. The maximum absolute atomic E-state index is 11.9. The lowest BCUT2D eigenvalue weighted by Crippen LogP contribution is -2.33. The van der Waals surface area contributed by atoms with Crippen LogP contribution in [0.3, 0.4) is 0 Å². The molecule has 1 heterocycles. The molecule has 3 rings (SSSR count). The number of hydrogen-bond acceptors (Lipinski definition) is 4.